The first kappa shape index (κ1) is 13.0. The lowest BCUT2D eigenvalue weighted by Crippen LogP contribution is -2.48. The van der Waals surface area contributed by atoms with E-state index < -0.39 is 11.9 Å². The summed E-state index contributed by atoms with van der Waals surface area (Å²) in [7, 11) is 0. The van der Waals surface area contributed by atoms with E-state index in [4.69, 9.17) is 21.6 Å². The van der Waals surface area contributed by atoms with E-state index in [0.717, 1.165) is 5.01 Å². The van der Waals surface area contributed by atoms with Crippen LogP contribution in [0.1, 0.15) is 0 Å². The lowest BCUT2D eigenvalue weighted by molar-refractivity contribution is -0.132. The predicted molar refractivity (Wildman–Crippen MR) is 61.4 cm³/mol. The number of rotatable bonds is 5. The number of hydrogen-bond acceptors (Lipinski definition) is 5. The number of benzene rings is 1. The van der Waals surface area contributed by atoms with Crippen LogP contribution in [0.25, 0.3) is 0 Å². The molecule has 17 heavy (non-hydrogen) atoms. The fraction of sp³-hybridized carbons (Fsp3) is 0.273. The van der Waals surface area contributed by atoms with Gasteiger partial charge in [-0.3, -0.25) is 9.80 Å². The van der Waals surface area contributed by atoms with Crippen LogP contribution in [-0.2, 0) is 4.79 Å². The van der Waals surface area contributed by atoms with Gasteiger partial charge in [-0.2, -0.15) is 5.26 Å². The predicted octanol–water partition coefficient (Wildman–Crippen LogP) is -0.381. The first-order chi connectivity index (χ1) is 8.15. The summed E-state index contributed by atoms with van der Waals surface area (Å²) in [6.07, 6.45) is 0. The van der Waals surface area contributed by atoms with Crippen LogP contribution in [0, 0.1) is 11.3 Å². The van der Waals surface area contributed by atoms with Crippen molar-refractivity contribution in [1.82, 2.24) is 5.01 Å². The highest BCUT2D eigenvalue weighted by atomic mass is 16.5. The molecule has 90 valence electrons. The Morgan fingerprint density at radius 1 is 1.47 bits per heavy atom. The lowest BCUT2D eigenvalue weighted by Gasteiger charge is -2.17. The van der Waals surface area contributed by atoms with Crippen LogP contribution in [-0.4, -0.2) is 30.1 Å². The second kappa shape index (κ2) is 6.48. The molecule has 0 aliphatic heterocycles. The highest BCUT2D eigenvalue weighted by Gasteiger charge is 2.17. The maximum absolute atomic E-state index is 11.3. The second-order valence-electron chi connectivity index (χ2n) is 3.30. The number of hydrazine groups is 1. The topological polar surface area (TPSA) is 105 Å². The molecular weight excluding hydrogens is 220 g/mol. The van der Waals surface area contributed by atoms with Gasteiger partial charge in [-0.05, 0) is 12.1 Å². The number of nitriles is 1. The summed E-state index contributed by atoms with van der Waals surface area (Å²) in [6.45, 7) is 0.410. The number of hydrogen-bond donors (Lipinski definition) is 2. The molecule has 0 spiro atoms. The number of nitrogens with zero attached hydrogens (tertiary/aromatic N) is 2. The van der Waals surface area contributed by atoms with E-state index >= 15 is 0 Å². The van der Waals surface area contributed by atoms with Crippen molar-refractivity contribution in [1.29, 1.82) is 5.26 Å². The van der Waals surface area contributed by atoms with Gasteiger partial charge in [0.1, 0.15) is 12.4 Å². The summed E-state index contributed by atoms with van der Waals surface area (Å²) < 4.78 is 5.34. The van der Waals surface area contributed by atoms with Crippen molar-refractivity contribution >= 4 is 5.91 Å². The third-order valence-corrected chi connectivity index (χ3v) is 2.03. The van der Waals surface area contributed by atoms with Gasteiger partial charge in [0, 0.05) is 0 Å². The van der Waals surface area contributed by atoms with E-state index in [2.05, 4.69) is 0 Å². The van der Waals surface area contributed by atoms with Crippen LogP contribution in [0.4, 0.5) is 0 Å². The zero-order valence-electron chi connectivity index (χ0n) is 9.24. The zero-order valence-corrected chi connectivity index (χ0v) is 9.24. The molecule has 0 saturated carbocycles. The van der Waals surface area contributed by atoms with Crippen LogP contribution in [0.5, 0.6) is 5.75 Å². The van der Waals surface area contributed by atoms with Gasteiger partial charge in [0.15, 0.2) is 6.04 Å². The Bertz CT molecular complexity index is 402. The van der Waals surface area contributed by atoms with Gasteiger partial charge in [-0.15, -0.1) is 0 Å². The summed E-state index contributed by atoms with van der Waals surface area (Å²) in [5.41, 5.74) is 5.23. The van der Waals surface area contributed by atoms with E-state index in [1.165, 1.54) is 0 Å². The van der Waals surface area contributed by atoms with E-state index in [1.807, 2.05) is 18.2 Å². The molecule has 0 fully saturated rings. The number of amides is 1. The maximum Gasteiger partial charge on any atom is 0.268 e. The molecule has 0 aliphatic carbocycles. The molecule has 0 bridgehead atoms. The first-order valence-electron chi connectivity index (χ1n) is 5.04. The molecule has 0 aromatic heterocycles. The average Bonchev–Trinajstić information content (AvgIpc) is 2.38. The van der Waals surface area contributed by atoms with Gasteiger partial charge in [-0.25, -0.2) is 5.84 Å². The highest BCUT2D eigenvalue weighted by molar-refractivity contribution is 5.83. The van der Waals surface area contributed by atoms with E-state index in [0.29, 0.717) is 5.75 Å². The van der Waals surface area contributed by atoms with Crippen LogP contribution >= 0.6 is 0 Å². The molecule has 1 amide bonds. The van der Waals surface area contributed by atoms with E-state index in [9.17, 15) is 4.79 Å². The fourth-order valence-corrected chi connectivity index (χ4v) is 1.12. The first-order valence-corrected chi connectivity index (χ1v) is 5.04. The smallest absolute Gasteiger partial charge is 0.268 e. The highest BCUT2D eigenvalue weighted by Crippen LogP contribution is 2.07. The van der Waals surface area contributed by atoms with Crippen LogP contribution in [0.3, 0.4) is 0 Å². The van der Waals surface area contributed by atoms with Crippen LogP contribution in [0.15, 0.2) is 30.3 Å². The Hall–Kier alpha value is -2.10. The molecule has 6 nitrogen and oxygen atoms in total. The standard InChI is InChI=1S/C11H14N4O2/c12-8-10(13)11(16)15(14)6-7-17-9-4-2-1-3-5-9/h1-5,10H,6-7,13-14H2/t10-/m0/s1. The molecule has 4 N–H and O–H groups in total. The quantitative estimate of drug-likeness (QED) is 0.410. The minimum Gasteiger partial charge on any atom is -0.492 e. The number of ether oxygens (including phenoxy) is 1. The Labute approximate surface area is 99.3 Å². The van der Waals surface area contributed by atoms with Gasteiger partial charge in [-0.1, -0.05) is 18.2 Å². The largest absolute Gasteiger partial charge is 0.492 e. The monoisotopic (exact) mass is 234 g/mol. The van der Waals surface area contributed by atoms with Gasteiger partial charge < -0.3 is 10.5 Å². The summed E-state index contributed by atoms with van der Waals surface area (Å²) in [4.78, 5) is 11.3. The van der Waals surface area contributed by atoms with Crippen molar-refractivity contribution < 1.29 is 9.53 Å². The molecule has 1 aromatic rings. The number of carbonyl (C=O) groups excluding carboxylic acids is 1. The Balaban J connectivity index is 2.32. The van der Waals surface area contributed by atoms with Gasteiger partial charge >= 0.3 is 0 Å². The number of para-hydroxylation sites is 1. The summed E-state index contributed by atoms with van der Waals surface area (Å²) in [6, 6.07) is 9.54. The minimum atomic E-state index is -1.23. The van der Waals surface area contributed by atoms with Gasteiger partial charge in [0.2, 0.25) is 0 Å². The van der Waals surface area contributed by atoms with Gasteiger partial charge in [0.25, 0.3) is 5.91 Å². The van der Waals surface area contributed by atoms with Crippen LogP contribution in [0.2, 0.25) is 0 Å². The molecule has 0 radical (unpaired) electrons. The molecule has 0 heterocycles. The number of carbonyl (C=O) groups is 1. The summed E-state index contributed by atoms with van der Waals surface area (Å²) in [5, 5.41) is 9.33. The molecular formula is C11H14N4O2. The van der Waals surface area contributed by atoms with Crippen molar-refractivity contribution in [3.05, 3.63) is 30.3 Å². The molecule has 1 rings (SSSR count). The molecule has 0 saturated heterocycles. The zero-order chi connectivity index (χ0) is 12.7. The van der Waals surface area contributed by atoms with Gasteiger partial charge in [0.05, 0.1) is 12.6 Å². The van der Waals surface area contributed by atoms with Crippen molar-refractivity contribution in [2.45, 2.75) is 6.04 Å². The second-order valence-corrected chi connectivity index (χ2v) is 3.30. The van der Waals surface area contributed by atoms with Crippen LogP contribution < -0.4 is 16.3 Å². The third kappa shape index (κ3) is 4.10. The maximum atomic E-state index is 11.3. The van der Waals surface area contributed by atoms with E-state index in [-0.39, 0.29) is 13.2 Å². The molecule has 1 atom stereocenters. The van der Waals surface area contributed by atoms with Crippen molar-refractivity contribution in [2.75, 3.05) is 13.2 Å². The number of nitrogens with two attached hydrogens (primary N) is 2. The Morgan fingerprint density at radius 2 is 2.12 bits per heavy atom. The van der Waals surface area contributed by atoms with E-state index in [1.54, 1.807) is 18.2 Å². The molecule has 1 aromatic carbocycles. The fourth-order valence-electron chi connectivity index (χ4n) is 1.12. The summed E-state index contributed by atoms with van der Waals surface area (Å²) >= 11 is 0. The molecule has 0 aliphatic rings. The normalized spacial score (nSPS) is 11.4. The van der Waals surface area contributed by atoms with Crippen molar-refractivity contribution in [2.24, 2.45) is 11.6 Å². The Kier molecular flexibility index (Phi) is 4.94. The average molecular weight is 234 g/mol. The molecule has 0 unspecified atom stereocenters. The third-order valence-electron chi connectivity index (χ3n) is 2.03. The van der Waals surface area contributed by atoms with Crippen molar-refractivity contribution in [3.8, 4) is 11.8 Å². The SMILES string of the molecule is N#C[C@H](N)C(=O)N(N)CCOc1ccccc1. The van der Waals surface area contributed by atoms with Crippen molar-refractivity contribution in [3.63, 3.8) is 0 Å². The molecule has 6 heteroatoms. The minimum absolute atomic E-state index is 0.170. The Morgan fingerprint density at radius 3 is 2.71 bits per heavy atom. The lowest BCUT2D eigenvalue weighted by atomic mass is 10.3. The summed E-state index contributed by atoms with van der Waals surface area (Å²) in [5.74, 6) is 5.50.